The fourth-order valence-electron chi connectivity index (χ4n) is 2.80. The van der Waals surface area contributed by atoms with Crippen molar-refractivity contribution in [3.63, 3.8) is 0 Å². The van der Waals surface area contributed by atoms with Crippen molar-refractivity contribution in [2.24, 2.45) is 0 Å². The number of esters is 1. The minimum Gasteiger partial charge on any atom is -0.464 e. The van der Waals surface area contributed by atoms with Crippen LogP contribution in [0.25, 0.3) is 0 Å². The minimum absolute atomic E-state index is 0.0514. The van der Waals surface area contributed by atoms with E-state index >= 15 is 0 Å². The molecule has 2 rings (SSSR count). The van der Waals surface area contributed by atoms with Gasteiger partial charge in [-0.1, -0.05) is 34.3 Å². The third kappa shape index (κ3) is 4.08. The van der Waals surface area contributed by atoms with Gasteiger partial charge in [-0.2, -0.15) is 0 Å². The molecule has 1 fully saturated rings. The van der Waals surface area contributed by atoms with Gasteiger partial charge in [-0.15, -0.1) is 0 Å². The molecule has 0 unspecified atom stereocenters. The standard InChI is InChI=1S/C20H31NO4Si/c1-9-16-13(2)17(25-26(7,8)20(3,4)5)18(24-16)14-10-11-21-15(12-14)19(22)23-6/h10-12,16-18H,2,9H2,1,3-8H3/t16-,17-,18+/m1/s1. The molecule has 144 valence electrons. The number of hydrogen-bond acceptors (Lipinski definition) is 5. The molecule has 1 aliphatic heterocycles. The number of pyridine rings is 1. The lowest BCUT2D eigenvalue weighted by molar-refractivity contribution is 0.0114. The highest BCUT2D eigenvalue weighted by molar-refractivity contribution is 6.74. The van der Waals surface area contributed by atoms with Crippen molar-refractivity contribution in [3.05, 3.63) is 41.7 Å². The Morgan fingerprint density at radius 3 is 2.58 bits per heavy atom. The summed E-state index contributed by atoms with van der Waals surface area (Å²) in [5, 5.41) is 0.0809. The first-order valence-electron chi connectivity index (χ1n) is 9.08. The monoisotopic (exact) mass is 377 g/mol. The van der Waals surface area contributed by atoms with E-state index in [0.29, 0.717) is 0 Å². The maximum atomic E-state index is 11.8. The zero-order valence-corrected chi connectivity index (χ0v) is 18.0. The Kier molecular flexibility index (Phi) is 6.10. The topological polar surface area (TPSA) is 57.7 Å². The number of ether oxygens (including phenoxy) is 2. The summed E-state index contributed by atoms with van der Waals surface area (Å²) in [6.45, 7) is 17.4. The van der Waals surface area contributed by atoms with Crippen molar-refractivity contribution >= 4 is 14.3 Å². The molecule has 1 aromatic rings. The second kappa shape index (κ2) is 7.62. The molecule has 0 bridgehead atoms. The van der Waals surface area contributed by atoms with Crippen LogP contribution in [0.15, 0.2) is 30.5 Å². The zero-order valence-electron chi connectivity index (χ0n) is 17.0. The van der Waals surface area contributed by atoms with E-state index in [4.69, 9.17) is 13.9 Å². The van der Waals surface area contributed by atoms with Crippen LogP contribution in [-0.2, 0) is 13.9 Å². The SMILES string of the molecule is C=C1[C@@H](O[Si](C)(C)C(C)(C)C)[C@H](c2ccnc(C(=O)OC)c2)O[C@@H]1CC. The summed E-state index contributed by atoms with van der Waals surface area (Å²) in [4.78, 5) is 15.9. The molecule has 3 atom stereocenters. The van der Waals surface area contributed by atoms with Crippen molar-refractivity contribution in [2.45, 2.75) is 70.6 Å². The Labute approximate surface area is 157 Å². The van der Waals surface area contributed by atoms with E-state index in [1.165, 1.54) is 7.11 Å². The Bertz CT molecular complexity index is 681. The molecular weight excluding hydrogens is 346 g/mol. The summed E-state index contributed by atoms with van der Waals surface area (Å²) in [5.74, 6) is -0.461. The van der Waals surface area contributed by atoms with Crippen LogP contribution in [0.3, 0.4) is 0 Å². The molecule has 0 spiro atoms. The number of carbonyl (C=O) groups is 1. The summed E-state index contributed by atoms with van der Waals surface area (Å²) in [6, 6.07) is 3.59. The van der Waals surface area contributed by atoms with Gasteiger partial charge in [0, 0.05) is 6.20 Å². The van der Waals surface area contributed by atoms with Gasteiger partial charge in [-0.25, -0.2) is 9.78 Å². The highest BCUT2D eigenvalue weighted by Crippen LogP contribution is 2.45. The van der Waals surface area contributed by atoms with E-state index < -0.39 is 14.3 Å². The van der Waals surface area contributed by atoms with Crippen molar-refractivity contribution in [3.8, 4) is 0 Å². The molecule has 6 heteroatoms. The average molecular weight is 378 g/mol. The summed E-state index contributed by atoms with van der Waals surface area (Å²) >= 11 is 0. The molecule has 26 heavy (non-hydrogen) atoms. The molecular formula is C20H31NO4Si. The van der Waals surface area contributed by atoms with Crippen LogP contribution >= 0.6 is 0 Å². The number of rotatable bonds is 5. The predicted octanol–water partition coefficient (Wildman–Crippen LogP) is 4.66. The Hall–Kier alpha value is -1.50. The molecule has 0 saturated carbocycles. The van der Waals surface area contributed by atoms with Gasteiger partial charge >= 0.3 is 5.97 Å². The molecule has 1 aliphatic rings. The van der Waals surface area contributed by atoms with Gasteiger partial charge in [0.1, 0.15) is 11.8 Å². The average Bonchev–Trinajstić information content (AvgIpc) is 2.89. The Balaban J connectivity index is 2.39. The van der Waals surface area contributed by atoms with Crippen LogP contribution in [0.2, 0.25) is 18.1 Å². The quantitative estimate of drug-likeness (QED) is 0.424. The molecule has 1 saturated heterocycles. The molecule has 0 aliphatic carbocycles. The lowest BCUT2D eigenvalue weighted by Crippen LogP contribution is -2.45. The van der Waals surface area contributed by atoms with E-state index in [1.807, 2.05) is 6.07 Å². The van der Waals surface area contributed by atoms with Gasteiger partial charge in [0.15, 0.2) is 8.32 Å². The van der Waals surface area contributed by atoms with E-state index in [0.717, 1.165) is 17.6 Å². The molecule has 5 nitrogen and oxygen atoms in total. The van der Waals surface area contributed by atoms with Crippen LogP contribution < -0.4 is 0 Å². The lowest BCUT2D eigenvalue weighted by Gasteiger charge is -2.39. The second-order valence-corrected chi connectivity index (χ2v) is 13.0. The van der Waals surface area contributed by atoms with Crippen LogP contribution in [0.5, 0.6) is 0 Å². The van der Waals surface area contributed by atoms with Gasteiger partial charge in [0.2, 0.25) is 0 Å². The van der Waals surface area contributed by atoms with Gasteiger partial charge in [-0.05, 0) is 47.8 Å². The summed E-state index contributed by atoms with van der Waals surface area (Å²) < 4.78 is 17.7. The van der Waals surface area contributed by atoms with E-state index in [-0.39, 0.29) is 29.0 Å². The van der Waals surface area contributed by atoms with Crippen LogP contribution in [-0.4, -0.2) is 38.6 Å². The minimum atomic E-state index is -2.02. The number of methoxy groups -OCH3 is 1. The highest BCUT2D eigenvalue weighted by Gasteiger charge is 2.46. The fourth-order valence-corrected chi connectivity index (χ4v) is 4.06. The van der Waals surface area contributed by atoms with Gasteiger partial charge in [0.05, 0.1) is 19.3 Å². The van der Waals surface area contributed by atoms with Crippen molar-refractivity contribution in [1.29, 1.82) is 0 Å². The molecule has 0 radical (unpaired) electrons. The number of carbonyl (C=O) groups excluding carboxylic acids is 1. The summed E-state index contributed by atoms with van der Waals surface area (Å²) in [5.41, 5.74) is 2.10. The van der Waals surface area contributed by atoms with E-state index in [1.54, 1.807) is 12.3 Å². The van der Waals surface area contributed by atoms with Crippen LogP contribution in [0.4, 0.5) is 0 Å². The predicted molar refractivity (Wildman–Crippen MR) is 105 cm³/mol. The maximum absolute atomic E-state index is 11.8. The van der Waals surface area contributed by atoms with E-state index in [2.05, 4.69) is 52.4 Å². The second-order valence-electron chi connectivity index (χ2n) is 8.29. The van der Waals surface area contributed by atoms with Gasteiger partial charge < -0.3 is 13.9 Å². The highest BCUT2D eigenvalue weighted by atomic mass is 28.4. The molecule has 0 N–H and O–H groups in total. The first-order chi connectivity index (χ1) is 12.0. The zero-order chi connectivity index (χ0) is 19.7. The summed E-state index contributed by atoms with van der Waals surface area (Å²) in [6.07, 6.45) is 1.86. The van der Waals surface area contributed by atoms with Crippen molar-refractivity contribution in [2.75, 3.05) is 7.11 Å². The smallest absolute Gasteiger partial charge is 0.356 e. The first kappa shape index (κ1) is 20.8. The van der Waals surface area contributed by atoms with Gasteiger partial charge in [-0.3, -0.25) is 0 Å². The van der Waals surface area contributed by atoms with Crippen molar-refractivity contribution < 1.29 is 18.7 Å². The molecule has 0 amide bonds. The Morgan fingerprint density at radius 1 is 1.38 bits per heavy atom. The number of nitrogens with zero attached hydrogens (tertiary/aromatic N) is 1. The molecule has 2 heterocycles. The first-order valence-corrected chi connectivity index (χ1v) is 12.0. The number of hydrogen-bond donors (Lipinski definition) is 0. The van der Waals surface area contributed by atoms with E-state index in [9.17, 15) is 4.79 Å². The summed E-state index contributed by atoms with van der Waals surface area (Å²) in [7, 11) is -0.671. The van der Waals surface area contributed by atoms with Crippen LogP contribution in [0.1, 0.15) is 56.3 Å². The van der Waals surface area contributed by atoms with Gasteiger partial charge in [0.25, 0.3) is 0 Å². The van der Waals surface area contributed by atoms with Crippen molar-refractivity contribution in [1.82, 2.24) is 4.98 Å². The molecule has 1 aromatic heterocycles. The fraction of sp³-hybridized carbons (Fsp3) is 0.600. The lowest BCUT2D eigenvalue weighted by atomic mass is 9.99. The maximum Gasteiger partial charge on any atom is 0.356 e. The molecule has 0 aromatic carbocycles. The number of aromatic nitrogens is 1. The van der Waals surface area contributed by atoms with Crippen LogP contribution in [0, 0.1) is 0 Å². The third-order valence-corrected chi connectivity index (χ3v) is 9.93. The Morgan fingerprint density at radius 2 is 2.04 bits per heavy atom. The normalized spacial score (nSPS) is 24.0. The third-order valence-electron chi connectivity index (χ3n) is 5.47. The largest absolute Gasteiger partial charge is 0.464 e.